The van der Waals surface area contributed by atoms with Crippen LogP contribution in [0.25, 0.3) is 0 Å². The van der Waals surface area contributed by atoms with Gasteiger partial charge in [-0.25, -0.2) is 12.8 Å². The van der Waals surface area contributed by atoms with Gasteiger partial charge in [-0.3, -0.25) is 4.79 Å². The summed E-state index contributed by atoms with van der Waals surface area (Å²) < 4.78 is 40.6. The molecule has 0 aliphatic heterocycles. The Bertz CT molecular complexity index is 976. The summed E-state index contributed by atoms with van der Waals surface area (Å²) in [7, 11) is -0.864. The van der Waals surface area contributed by atoms with Gasteiger partial charge in [0.25, 0.3) is 5.91 Å². The first kappa shape index (κ1) is 22.6. The number of carbonyl (C=O) groups is 1. The molecule has 2 aromatic carbocycles. The lowest BCUT2D eigenvalue weighted by Gasteiger charge is -2.22. The van der Waals surface area contributed by atoms with E-state index in [1.807, 2.05) is 0 Å². The minimum absolute atomic E-state index is 0.00913. The summed E-state index contributed by atoms with van der Waals surface area (Å²) in [4.78, 5) is 14.0. The molecule has 0 radical (unpaired) electrons. The van der Waals surface area contributed by atoms with Crippen molar-refractivity contribution in [3.05, 3.63) is 63.4 Å². The van der Waals surface area contributed by atoms with Crippen molar-refractivity contribution in [3.8, 4) is 0 Å². The summed E-state index contributed by atoms with van der Waals surface area (Å²) in [6.07, 6.45) is 0. The zero-order valence-corrected chi connectivity index (χ0v) is 18.2. The van der Waals surface area contributed by atoms with Gasteiger partial charge in [0, 0.05) is 37.3 Å². The largest absolute Gasteiger partial charge is 0.337 e. The van der Waals surface area contributed by atoms with Gasteiger partial charge in [0.05, 0.1) is 15.5 Å². The number of benzene rings is 2. The van der Waals surface area contributed by atoms with Crippen molar-refractivity contribution in [3.63, 3.8) is 0 Å². The lowest BCUT2D eigenvalue weighted by Crippen LogP contribution is -2.33. The summed E-state index contributed by atoms with van der Waals surface area (Å²) in [5.41, 5.74) is 0.175. The number of nitrogens with zero attached hydrogens (tertiary/aromatic N) is 2. The zero-order valence-electron chi connectivity index (χ0n) is 15.9. The van der Waals surface area contributed by atoms with E-state index in [-0.39, 0.29) is 38.7 Å². The van der Waals surface area contributed by atoms with Gasteiger partial charge in [-0.1, -0.05) is 29.3 Å². The summed E-state index contributed by atoms with van der Waals surface area (Å²) in [6, 6.07) is 7.94. The van der Waals surface area contributed by atoms with Gasteiger partial charge >= 0.3 is 0 Å². The summed E-state index contributed by atoms with van der Waals surface area (Å²) in [6.45, 7) is 3.39. The third-order valence-electron chi connectivity index (χ3n) is 4.38. The van der Waals surface area contributed by atoms with E-state index in [4.69, 9.17) is 23.2 Å². The Kier molecular flexibility index (Phi) is 7.09. The Morgan fingerprint density at radius 3 is 2.32 bits per heavy atom. The minimum atomic E-state index is -3.79. The maximum Gasteiger partial charge on any atom is 0.255 e. The molecule has 5 nitrogen and oxygen atoms in total. The van der Waals surface area contributed by atoms with Crippen molar-refractivity contribution < 1.29 is 17.6 Å². The molecule has 0 spiro atoms. The van der Waals surface area contributed by atoms with Crippen LogP contribution in [-0.2, 0) is 16.6 Å². The van der Waals surface area contributed by atoms with E-state index in [1.54, 1.807) is 13.8 Å². The number of carbonyl (C=O) groups excluding carboxylic acids is 1. The van der Waals surface area contributed by atoms with Crippen LogP contribution < -0.4 is 0 Å². The molecule has 28 heavy (non-hydrogen) atoms. The van der Waals surface area contributed by atoms with E-state index in [9.17, 15) is 17.6 Å². The second-order valence-electron chi connectivity index (χ2n) is 6.62. The second kappa shape index (κ2) is 8.78. The highest BCUT2D eigenvalue weighted by molar-refractivity contribution is 7.89. The van der Waals surface area contributed by atoms with Crippen LogP contribution in [-0.4, -0.2) is 43.7 Å². The van der Waals surface area contributed by atoms with Crippen molar-refractivity contribution in [2.75, 3.05) is 14.1 Å². The molecule has 0 saturated heterocycles. The maximum absolute atomic E-state index is 14.0. The molecule has 0 fully saturated rings. The minimum Gasteiger partial charge on any atom is -0.337 e. The SMILES string of the molecule is CC(C)N(C)S(=O)(=O)c1ccc(Cl)c(C(=O)N(C)Cc2c(F)cccc2Cl)c1. The molecular weight excluding hydrogens is 426 g/mol. The first-order chi connectivity index (χ1) is 13.0. The van der Waals surface area contributed by atoms with Gasteiger partial charge in [0.15, 0.2) is 0 Å². The predicted octanol–water partition coefficient (Wildman–Crippen LogP) is 4.43. The molecule has 0 aliphatic rings. The van der Waals surface area contributed by atoms with E-state index in [0.29, 0.717) is 0 Å². The van der Waals surface area contributed by atoms with Gasteiger partial charge in [-0.15, -0.1) is 0 Å². The van der Waals surface area contributed by atoms with Crippen LogP contribution in [0.2, 0.25) is 10.0 Å². The molecule has 1 amide bonds. The molecule has 2 rings (SSSR count). The second-order valence-corrected chi connectivity index (χ2v) is 9.43. The molecule has 9 heteroatoms. The standard InChI is InChI=1S/C19H21Cl2FN2O3S/c1-12(2)24(4)28(26,27)13-8-9-17(21)14(10-13)19(25)23(3)11-15-16(20)6-5-7-18(15)22/h5-10,12H,11H2,1-4H3. The number of sulfonamides is 1. The quantitative estimate of drug-likeness (QED) is 0.658. The highest BCUT2D eigenvalue weighted by atomic mass is 35.5. The number of rotatable bonds is 6. The molecule has 2 aromatic rings. The van der Waals surface area contributed by atoms with Crippen molar-refractivity contribution in [1.29, 1.82) is 0 Å². The van der Waals surface area contributed by atoms with Crippen molar-refractivity contribution in [2.24, 2.45) is 0 Å². The van der Waals surface area contributed by atoms with Gasteiger partial charge in [-0.2, -0.15) is 4.31 Å². The van der Waals surface area contributed by atoms with Crippen LogP contribution >= 0.6 is 23.2 Å². The summed E-state index contributed by atoms with van der Waals surface area (Å²) in [5, 5.41) is 0.295. The molecule has 0 bridgehead atoms. The molecule has 0 heterocycles. The third kappa shape index (κ3) is 4.66. The van der Waals surface area contributed by atoms with E-state index in [0.717, 1.165) is 0 Å². The molecule has 0 aromatic heterocycles. The lowest BCUT2D eigenvalue weighted by atomic mass is 10.1. The lowest BCUT2D eigenvalue weighted by molar-refractivity contribution is 0.0784. The average Bonchev–Trinajstić information content (AvgIpc) is 2.63. The Labute approximate surface area is 174 Å². The van der Waals surface area contributed by atoms with Gasteiger partial charge in [0.2, 0.25) is 10.0 Å². The zero-order chi connectivity index (χ0) is 21.2. The van der Waals surface area contributed by atoms with Crippen molar-refractivity contribution in [1.82, 2.24) is 9.21 Å². The van der Waals surface area contributed by atoms with Crippen LogP contribution in [0.3, 0.4) is 0 Å². The van der Waals surface area contributed by atoms with Gasteiger partial charge < -0.3 is 4.90 Å². The van der Waals surface area contributed by atoms with E-state index >= 15 is 0 Å². The fourth-order valence-electron chi connectivity index (χ4n) is 2.47. The highest BCUT2D eigenvalue weighted by Crippen LogP contribution is 2.26. The third-order valence-corrected chi connectivity index (χ3v) is 7.09. The van der Waals surface area contributed by atoms with Crippen LogP contribution in [0.5, 0.6) is 0 Å². The Morgan fingerprint density at radius 2 is 1.75 bits per heavy atom. The van der Waals surface area contributed by atoms with E-state index in [2.05, 4.69) is 0 Å². The molecule has 152 valence electrons. The summed E-state index contributed by atoms with van der Waals surface area (Å²) in [5.74, 6) is -1.08. The van der Waals surface area contributed by atoms with Crippen LogP contribution in [0, 0.1) is 5.82 Å². The molecule has 0 atom stereocenters. The number of hydrogen-bond acceptors (Lipinski definition) is 3. The number of hydrogen-bond donors (Lipinski definition) is 0. The van der Waals surface area contributed by atoms with Crippen LogP contribution in [0.4, 0.5) is 4.39 Å². The Morgan fingerprint density at radius 1 is 1.11 bits per heavy atom. The predicted molar refractivity (Wildman–Crippen MR) is 109 cm³/mol. The fraction of sp³-hybridized carbons (Fsp3) is 0.316. The van der Waals surface area contributed by atoms with Gasteiger partial charge in [0.1, 0.15) is 5.82 Å². The molecule has 0 N–H and O–H groups in total. The Balaban J connectivity index is 2.38. The fourth-order valence-corrected chi connectivity index (χ4v) is 4.29. The topological polar surface area (TPSA) is 57.7 Å². The average molecular weight is 447 g/mol. The summed E-state index contributed by atoms with van der Waals surface area (Å²) >= 11 is 12.2. The molecule has 0 aliphatic carbocycles. The first-order valence-electron chi connectivity index (χ1n) is 8.42. The monoisotopic (exact) mass is 446 g/mol. The molecule has 0 saturated carbocycles. The van der Waals surface area contributed by atoms with Gasteiger partial charge in [-0.05, 0) is 44.2 Å². The first-order valence-corrected chi connectivity index (χ1v) is 10.6. The smallest absolute Gasteiger partial charge is 0.255 e. The van der Waals surface area contributed by atoms with Crippen molar-refractivity contribution in [2.45, 2.75) is 31.3 Å². The molecular formula is C19H21Cl2FN2O3S. The number of halogens is 3. The van der Waals surface area contributed by atoms with E-state index in [1.165, 1.54) is 59.7 Å². The van der Waals surface area contributed by atoms with E-state index < -0.39 is 21.7 Å². The highest BCUT2D eigenvalue weighted by Gasteiger charge is 2.26. The number of amides is 1. The molecule has 0 unspecified atom stereocenters. The maximum atomic E-state index is 14.0. The van der Waals surface area contributed by atoms with Crippen LogP contribution in [0.1, 0.15) is 29.8 Å². The Hall–Kier alpha value is -1.67. The normalized spacial score (nSPS) is 11.9. The van der Waals surface area contributed by atoms with Crippen LogP contribution in [0.15, 0.2) is 41.3 Å². The van der Waals surface area contributed by atoms with Crippen molar-refractivity contribution >= 4 is 39.1 Å².